The monoisotopic (exact) mass is 215 g/mol. The normalized spacial score (nSPS) is 28.4. The van der Waals surface area contributed by atoms with E-state index in [1.807, 2.05) is 5.38 Å². The molecule has 1 saturated heterocycles. The van der Waals surface area contributed by atoms with E-state index in [1.165, 1.54) is 11.5 Å². The fourth-order valence-corrected chi connectivity index (χ4v) is 2.13. The van der Waals surface area contributed by atoms with Gasteiger partial charge < -0.3 is 10.2 Å². The first-order valence-electron chi connectivity index (χ1n) is 4.53. The largest absolute Gasteiger partial charge is 0.393 e. The minimum atomic E-state index is -0.913. The van der Waals surface area contributed by atoms with Gasteiger partial charge in [-0.1, -0.05) is 4.49 Å². The zero-order valence-electron chi connectivity index (χ0n) is 7.76. The van der Waals surface area contributed by atoms with Crippen LogP contribution in [0.1, 0.15) is 12.1 Å². The number of aliphatic hydroxyl groups excluding tert-OH is 1. The molecule has 2 heterocycles. The van der Waals surface area contributed by atoms with Crippen molar-refractivity contribution in [2.75, 3.05) is 19.7 Å². The molecule has 0 bridgehead atoms. The van der Waals surface area contributed by atoms with E-state index in [0.717, 1.165) is 12.2 Å². The summed E-state index contributed by atoms with van der Waals surface area (Å²) in [5, 5.41) is 24.6. The van der Waals surface area contributed by atoms with E-state index in [4.69, 9.17) is 5.11 Å². The Bertz CT molecular complexity index is 293. The number of rotatable bonds is 3. The predicted octanol–water partition coefficient (Wildman–Crippen LogP) is -0.533. The molecule has 1 unspecified atom stereocenters. The Morgan fingerprint density at radius 1 is 1.64 bits per heavy atom. The maximum absolute atomic E-state index is 9.77. The highest BCUT2D eigenvalue weighted by molar-refractivity contribution is 7.03. The maximum Gasteiger partial charge on any atom is 0.102 e. The molecule has 0 amide bonds. The van der Waals surface area contributed by atoms with Crippen LogP contribution >= 0.6 is 11.5 Å². The van der Waals surface area contributed by atoms with Crippen LogP contribution in [0.3, 0.4) is 0 Å². The van der Waals surface area contributed by atoms with Gasteiger partial charge in [-0.15, -0.1) is 5.10 Å². The lowest BCUT2D eigenvalue weighted by molar-refractivity contribution is -0.00587. The molecular formula is C8H13N3O2S. The quantitative estimate of drug-likeness (QED) is 0.709. The first kappa shape index (κ1) is 9.97. The van der Waals surface area contributed by atoms with Crippen LogP contribution in [0.15, 0.2) is 5.38 Å². The Kier molecular flexibility index (Phi) is 2.78. The zero-order chi connectivity index (χ0) is 10.0. The van der Waals surface area contributed by atoms with Gasteiger partial charge in [0.25, 0.3) is 0 Å². The van der Waals surface area contributed by atoms with E-state index >= 15 is 0 Å². The summed E-state index contributed by atoms with van der Waals surface area (Å²) in [5.74, 6) is 0. The molecule has 14 heavy (non-hydrogen) atoms. The number of likely N-dealkylation sites (tertiary alicyclic amines) is 1. The number of hydrogen-bond acceptors (Lipinski definition) is 6. The van der Waals surface area contributed by atoms with Gasteiger partial charge in [-0.3, -0.25) is 4.90 Å². The van der Waals surface area contributed by atoms with Crippen LogP contribution in [0.2, 0.25) is 0 Å². The smallest absolute Gasteiger partial charge is 0.102 e. The summed E-state index contributed by atoms with van der Waals surface area (Å²) in [5.41, 5.74) is 0.0147. The molecule has 0 radical (unpaired) electrons. The Morgan fingerprint density at radius 3 is 3.07 bits per heavy atom. The number of nitrogens with zero attached hydrogens (tertiary/aromatic N) is 3. The summed E-state index contributed by atoms with van der Waals surface area (Å²) >= 11 is 1.33. The van der Waals surface area contributed by atoms with E-state index in [1.54, 1.807) is 0 Å². The van der Waals surface area contributed by atoms with Crippen molar-refractivity contribution in [3.63, 3.8) is 0 Å². The van der Waals surface area contributed by atoms with Crippen molar-refractivity contribution >= 4 is 11.5 Å². The Balaban J connectivity index is 1.90. The molecule has 1 atom stereocenters. The Hall–Kier alpha value is -0.560. The van der Waals surface area contributed by atoms with Crippen LogP contribution < -0.4 is 0 Å². The second-order valence-corrected chi connectivity index (χ2v) is 4.35. The second-order valence-electron chi connectivity index (χ2n) is 3.74. The molecule has 1 aromatic heterocycles. The topological polar surface area (TPSA) is 69.5 Å². The molecule has 5 nitrogen and oxygen atoms in total. The lowest BCUT2D eigenvalue weighted by Crippen LogP contribution is -2.36. The van der Waals surface area contributed by atoms with E-state index in [-0.39, 0.29) is 6.61 Å². The summed E-state index contributed by atoms with van der Waals surface area (Å²) in [4.78, 5) is 2.08. The molecule has 1 aliphatic rings. The molecule has 78 valence electrons. The van der Waals surface area contributed by atoms with Crippen molar-refractivity contribution in [3.8, 4) is 0 Å². The van der Waals surface area contributed by atoms with Crippen molar-refractivity contribution in [3.05, 3.63) is 11.1 Å². The molecule has 6 heteroatoms. The molecule has 1 aromatic rings. The van der Waals surface area contributed by atoms with Crippen LogP contribution in [-0.4, -0.2) is 50.0 Å². The summed E-state index contributed by atoms with van der Waals surface area (Å²) in [6.07, 6.45) is 0.626. The predicted molar refractivity (Wildman–Crippen MR) is 51.8 cm³/mol. The zero-order valence-corrected chi connectivity index (χ0v) is 8.57. The van der Waals surface area contributed by atoms with Crippen molar-refractivity contribution in [1.29, 1.82) is 0 Å². The Labute approximate surface area is 86.2 Å². The number of aromatic nitrogens is 2. The molecule has 1 aliphatic heterocycles. The van der Waals surface area contributed by atoms with Crippen LogP contribution in [0.4, 0.5) is 0 Å². The van der Waals surface area contributed by atoms with Gasteiger partial charge in [0.05, 0.1) is 12.3 Å². The summed E-state index contributed by atoms with van der Waals surface area (Å²) < 4.78 is 3.77. The molecule has 0 spiro atoms. The highest BCUT2D eigenvalue weighted by Gasteiger charge is 2.35. The van der Waals surface area contributed by atoms with Crippen molar-refractivity contribution in [2.45, 2.75) is 18.6 Å². The van der Waals surface area contributed by atoms with Gasteiger partial charge in [0.15, 0.2) is 0 Å². The average molecular weight is 215 g/mol. The lowest BCUT2D eigenvalue weighted by atomic mass is 10.1. The van der Waals surface area contributed by atoms with Crippen molar-refractivity contribution in [2.24, 2.45) is 0 Å². The second kappa shape index (κ2) is 3.90. The van der Waals surface area contributed by atoms with Crippen LogP contribution in [0, 0.1) is 0 Å². The maximum atomic E-state index is 9.77. The third kappa shape index (κ3) is 2.09. The number of β-amino-alcohol motifs (C(OH)–C–C–N with tert-alkyl or cyclic N) is 1. The minimum absolute atomic E-state index is 0.168. The van der Waals surface area contributed by atoms with Crippen LogP contribution in [0.5, 0.6) is 0 Å². The van der Waals surface area contributed by atoms with Gasteiger partial charge in [-0.2, -0.15) is 0 Å². The van der Waals surface area contributed by atoms with Gasteiger partial charge in [-0.25, -0.2) is 0 Å². The third-order valence-electron chi connectivity index (χ3n) is 2.50. The molecule has 0 saturated carbocycles. The highest BCUT2D eigenvalue weighted by atomic mass is 32.1. The third-order valence-corrected chi connectivity index (χ3v) is 3.05. The minimum Gasteiger partial charge on any atom is -0.393 e. The molecule has 1 fully saturated rings. The van der Waals surface area contributed by atoms with Gasteiger partial charge in [0.1, 0.15) is 5.60 Å². The number of hydrogen-bond donors (Lipinski definition) is 2. The molecule has 2 rings (SSSR count). The van der Waals surface area contributed by atoms with E-state index in [9.17, 15) is 5.11 Å². The van der Waals surface area contributed by atoms with E-state index < -0.39 is 5.60 Å². The van der Waals surface area contributed by atoms with Crippen molar-refractivity contribution < 1.29 is 10.2 Å². The first-order chi connectivity index (χ1) is 6.72. The molecule has 0 aromatic carbocycles. The van der Waals surface area contributed by atoms with Gasteiger partial charge in [0.2, 0.25) is 0 Å². The fourth-order valence-electron chi connectivity index (χ4n) is 1.69. The summed E-state index contributed by atoms with van der Waals surface area (Å²) in [6, 6.07) is 0. The molecular weight excluding hydrogens is 202 g/mol. The lowest BCUT2D eigenvalue weighted by Gasteiger charge is -2.19. The average Bonchev–Trinajstić information content (AvgIpc) is 2.78. The van der Waals surface area contributed by atoms with Crippen LogP contribution in [-0.2, 0) is 6.54 Å². The van der Waals surface area contributed by atoms with E-state index in [0.29, 0.717) is 19.5 Å². The summed E-state index contributed by atoms with van der Waals surface area (Å²) in [6.45, 7) is 1.85. The van der Waals surface area contributed by atoms with E-state index in [2.05, 4.69) is 14.5 Å². The Morgan fingerprint density at radius 2 is 2.50 bits per heavy atom. The van der Waals surface area contributed by atoms with Crippen LogP contribution in [0.25, 0.3) is 0 Å². The molecule has 0 aliphatic carbocycles. The summed E-state index contributed by atoms with van der Waals surface area (Å²) in [7, 11) is 0. The highest BCUT2D eigenvalue weighted by Crippen LogP contribution is 2.21. The first-order valence-corrected chi connectivity index (χ1v) is 5.37. The number of aliphatic hydroxyl groups is 2. The fraction of sp³-hybridized carbons (Fsp3) is 0.750. The van der Waals surface area contributed by atoms with Gasteiger partial charge in [-0.05, 0) is 18.0 Å². The van der Waals surface area contributed by atoms with Crippen molar-refractivity contribution in [1.82, 2.24) is 14.5 Å². The van der Waals surface area contributed by atoms with Gasteiger partial charge >= 0.3 is 0 Å². The molecule has 2 N–H and O–H groups in total. The SMILES string of the molecule is OCC1(O)CCN(Cc2csnn2)C1. The standard InChI is InChI=1S/C8H13N3O2S/c12-6-8(13)1-2-11(5-8)3-7-4-14-10-9-7/h4,12-13H,1-3,5-6H2. The van der Waals surface area contributed by atoms with Gasteiger partial charge in [0, 0.05) is 25.0 Å².